The third-order valence-electron chi connectivity index (χ3n) is 2.51. The van der Waals surface area contributed by atoms with Gasteiger partial charge < -0.3 is 5.32 Å². The van der Waals surface area contributed by atoms with E-state index in [0.717, 1.165) is 24.6 Å². The van der Waals surface area contributed by atoms with Crippen molar-refractivity contribution in [3.05, 3.63) is 34.9 Å². The van der Waals surface area contributed by atoms with Crippen molar-refractivity contribution in [1.82, 2.24) is 5.32 Å². The minimum atomic E-state index is 0.811. The van der Waals surface area contributed by atoms with E-state index in [2.05, 4.69) is 43.3 Å². The lowest BCUT2D eigenvalue weighted by atomic mass is 10.1. The van der Waals surface area contributed by atoms with Gasteiger partial charge in [-0.3, -0.25) is 0 Å². The van der Waals surface area contributed by atoms with E-state index in [9.17, 15) is 0 Å². The van der Waals surface area contributed by atoms with E-state index in [4.69, 9.17) is 6.42 Å². The van der Waals surface area contributed by atoms with Gasteiger partial charge >= 0.3 is 0 Å². The summed E-state index contributed by atoms with van der Waals surface area (Å²) < 4.78 is 0. The van der Waals surface area contributed by atoms with Crippen molar-refractivity contribution in [3.8, 4) is 12.3 Å². The van der Waals surface area contributed by atoms with E-state index >= 15 is 0 Å². The molecule has 0 heterocycles. The zero-order valence-electron chi connectivity index (χ0n) is 10.0. The largest absolute Gasteiger partial charge is 0.312 e. The van der Waals surface area contributed by atoms with E-state index in [1.807, 2.05) is 0 Å². The van der Waals surface area contributed by atoms with Crippen LogP contribution in [0.3, 0.4) is 0 Å². The first kappa shape index (κ1) is 13.2. The van der Waals surface area contributed by atoms with Crippen LogP contribution in [0.1, 0.15) is 16.7 Å². The van der Waals surface area contributed by atoms with Gasteiger partial charge in [0.15, 0.2) is 0 Å². The minimum absolute atomic E-state index is 0.811. The third kappa shape index (κ3) is 4.74. The van der Waals surface area contributed by atoms with E-state index < -0.39 is 0 Å². The second kappa shape index (κ2) is 7.38. The smallest absolute Gasteiger partial charge is 0.0545 e. The minimum Gasteiger partial charge on any atom is -0.312 e. The number of nitrogens with one attached hydrogen (secondary N) is 1. The Morgan fingerprint density at radius 2 is 2.12 bits per heavy atom. The number of terminal acetylenes is 1. The first-order chi connectivity index (χ1) is 7.74. The summed E-state index contributed by atoms with van der Waals surface area (Å²) in [4.78, 5) is 0. The van der Waals surface area contributed by atoms with Crippen LogP contribution in [0, 0.1) is 26.2 Å². The second-order valence-corrected chi connectivity index (χ2v) is 4.96. The Hall–Kier alpha value is -0.910. The average Bonchev–Trinajstić information content (AvgIpc) is 2.28. The lowest BCUT2D eigenvalue weighted by Gasteiger charge is -2.06. The van der Waals surface area contributed by atoms with Gasteiger partial charge in [-0.25, -0.2) is 0 Å². The molecule has 0 aromatic heterocycles. The topological polar surface area (TPSA) is 12.0 Å². The van der Waals surface area contributed by atoms with E-state index in [1.165, 1.54) is 16.7 Å². The Bertz CT molecular complexity index is 365. The molecule has 2 heteroatoms. The highest BCUT2D eigenvalue weighted by Crippen LogP contribution is 2.09. The average molecular weight is 233 g/mol. The molecule has 0 bridgehead atoms. The summed E-state index contributed by atoms with van der Waals surface area (Å²) in [5.41, 5.74) is 4.07. The molecule has 1 aromatic carbocycles. The summed E-state index contributed by atoms with van der Waals surface area (Å²) >= 11 is 1.80. The van der Waals surface area contributed by atoms with Gasteiger partial charge in [0, 0.05) is 18.8 Å². The van der Waals surface area contributed by atoms with Crippen LogP contribution in [-0.2, 0) is 6.54 Å². The van der Waals surface area contributed by atoms with Gasteiger partial charge in [0.25, 0.3) is 0 Å². The van der Waals surface area contributed by atoms with E-state index in [1.54, 1.807) is 11.8 Å². The number of rotatable bonds is 6. The van der Waals surface area contributed by atoms with Crippen LogP contribution in [0.4, 0.5) is 0 Å². The van der Waals surface area contributed by atoms with Gasteiger partial charge in [0.2, 0.25) is 0 Å². The molecule has 0 saturated carbocycles. The first-order valence-corrected chi connectivity index (χ1v) is 6.67. The number of aryl methyl sites for hydroxylation is 2. The monoisotopic (exact) mass is 233 g/mol. The fraction of sp³-hybridized carbons (Fsp3) is 0.429. The normalized spacial score (nSPS) is 10.1. The van der Waals surface area contributed by atoms with E-state index in [-0.39, 0.29) is 0 Å². The van der Waals surface area contributed by atoms with Crippen LogP contribution >= 0.6 is 11.8 Å². The van der Waals surface area contributed by atoms with Crippen LogP contribution in [0.5, 0.6) is 0 Å². The molecule has 0 unspecified atom stereocenters. The van der Waals surface area contributed by atoms with Crippen LogP contribution in [0.2, 0.25) is 0 Å². The third-order valence-corrected chi connectivity index (χ3v) is 3.37. The molecule has 0 atom stereocenters. The van der Waals surface area contributed by atoms with Gasteiger partial charge in [-0.05, 0) is 30.5 Å². The fourth-order valence-electron chi connectivity index (χ4n) is 1.42. The molecular weight excluding hydrogens is 214 g/mol. The van der Waals surface area contributed by atoms with Crippen LogP contribution in [0.25, 0.3) is 0 Å². The number of thioether (sulfide) groups is 1. The SMILES string of the molecule is C#CCSCCNCc1ccc(C)c(C)c1. The maximum Gasteiger partial charge on any atom is 0.0545 e. The van der Waals surface area contributed by atoms with Gasteiger partial charge in [-0.1, -0.05) is 24.1 Å². The maximum absolute atomic E-state index is 5.17. The van der Waals surface area contributed by atoms with Gasteiger partial charge in [-0.15, -0.1) is 18.2 Å². The zero-order chi connectivity index (χ0) is 11.8. The summed E-state index contributed by atoms with van der Waals surface area (Å²) in [6.45, 7) is 6.25. The van der Waals surface area contributed by atoms with E-state index in [0.29, 0.717) is 0 Å². The van der Waals surface area contributed by atoms with Crippen molar-refractivity contribution in [2.24, 2.45) is 0 Å². The van der Waals surface area contributed by atoms with Crippen molar-refractivity contribution in [3.63, 3.8) is 0 Å². The van der Waals surface area contributed by atoms with Crippen molar-refractivity contribution >= 4 is 11.8 Å². The standard InChI is InChI=1S/C14H19NS/c1-4-8-16-9-7-15-11-14-6-5-12(2)13(3)10-14/h1,5-6,10,15H,7-9,11H2,2-3H3. The Morgan fingerprint density at radius 3 is 2.81 bits per heavy atom. The van der Waals surface area contributed by atoms with Crippen molar-refractivity contribution < 1.29 is 0 Å². The predicted octanol–water partition coefficient (Wildman–Crippen LogP) is 2.76. The molecule has 1 aromatic rings. The molecule has 0 aliphatic heterocycles. The highest BCUT2D eigenvalue weighted by Gasteiger charge is 1.96. The molecule has 0 radical (unpaired) electrons. The molecule has 0 aliphatic carbocycles. The zero-order valence-corrected chi connectivity index (χ0v) is 10.9. The van der Waals surface area contributed by atoms with Gasteiger partial charge in [0.1, 0.15) is 0 Å². The molecule has 0 aliphatic rings. The molecule has 0 amide bonds. The Morgan fingerprint density at radius 1 is 1.31 bits per heavy atom. The quantitative estimate of drug-likeness (QED) is 0.599. The molecule has 1 nitrogen and oxygen atoms in total. The van der Waals surface area contributed by atoms with Crippen molar-refractivity contribution in [2.75, 3.05) is 18.1 Å². The molecule has 0 saturated heterocycles. The van der Waals surface area contributed by atoms with Crippen molar-refractivity contribution in [1.29, 1.82) is 0 Å². The van der Waals surface area contributed by atoms with Crippen LogP contribution in [0.15, 0.2) is 18.2 Å². The molecule has 86 valence electrons. The lowest BCUT2D eigenvalue weighted by Crippen LogP contribution is -2.16. The molecule has 0 spiro atoms. The summed E-state index contributed by atoms with van der Waals surface area (Å²) in [5.74, 6) is 4.51. The lowest BCUT2D eigenvalue weighted by molar-refractivity contribution is 0.731. The summed E-state index contributed by atoms with van der Waals surface area (Å²) in [6.07, 6.45) is 5.17. The van der Waals surface area contributed by atoms with Gasteiger partial charge in [-0.2, -0.15) is 0 Å². The molecule has 1 rings (SSSR count). The Kier molecular flexibility index (Phi) is 6.07. The van der Waals surface area contributed by atoms with Crippen molar-refractivity contribution in [2.45, 2.75) is 20.4 Å². The predicted molar refractivity (Wildman–Crippen MR) is 73.8 cm³/mol. The summed E-state index contributed by atoms with van der Waals surface area (Å²) in [6, 6.07) is 6.61. The highest BCUT2D eigenvalue weighted by atomic mass is 32.2. The summed E-state index contributed by atoms with van der Waals surface area (Å²) in [7, 11) is 0. The molecular formula is C14H19NS. The number of hydrogen-bond donors (Lipinski definition) is 1. The highest BCUT2D eigenvalue weighted by molar-refractivity contribution is 7.99. The molecule has 0 fully saturated rings. The number of hydrogen-bond acceptors (Lipinski definition) is 2. The summed E-state index contributed by atoms with van der Waals surface area (Å²) in [5, 5.41) is 3.42. The maximum atomic E-state index is 5.17. The van der Waals surface area contributed by atoms with Gasteiger partial charge in [0.05, 0.1) is 5.75 Å². The second-order valence-electron chi connectivity index (χ2n) is 3.85. The Labute approximate surface area is 103 Å². The molecule has 16 heavy (non-hydrogen) atoms. The Balaban J connectivity index is 2.22. The van der Waals surface area contributed by atoms with Crippen LogP contribution in [-0.4, -0.2) is 18.1 Å². The first-order valence-electron chi connectivity index (χ1n) is 5.52. The van der Waals surface area contributed by atoms with Crippen LogP contribution < -0.4 is 5.32 Å². The molecule has 1 N–H and O–H groups in total. The number of benzene rings is 1. The fourth-order valence-corrected chi connectivity index (χ4v) is 1.97.